The molecule has 0 bridgehead atoms. The zero-order valence-corrected chi connectivity index (χ0v) is 11.8. The molecule has 2 rings (SSSR count). The number of hydrogen-bond donors (Lipinski definition) is 0. The highest BCUT2D eigenvalue weighted by molar-refractivity contribution is 14.1. The Morgan fingerprint density at radius 3 is 2.33 bits per heavy atom. The van der Waals surface area contributed by atoms with E-state index in [2.05, 4.69) is 37.7 Å². The Hall–Kier alpha value is -1.80. The van der Waals surface area contributed by atoms with Crippen LogP contribution >= 0.6 is 22.6 Å². The van der Waals surface area contributed by atoms with E-state index in [1.165, 1.54) is 0 Å². The summed E-state index contributed by atoms with van der Waals surface area (Å²) in [5.74, 6) is 0.543. The molecule has 0 radical (unpaired) electrons. The van der Waals surface area contributed by atoms with Crippen LogP contribution < -0.4 is 4.74 Å². The van der Waals surface area contributed by atoms with Crippen molar-refractivity contribution < 1.29 is 14.3 Å². The molecule has 0 saturated heterocycles. The third kappa shape index (κ3) is 3.60. The van der Waals surface area contributed by atoms with Crippen LogP contribution in [0, 0.1) is 10.5 Å². The fourth-order valence-electron chi connectivity index (χ4n) is 1.04. The van der Waals surface area contributed by atoms with E-state index in [4.69, 9.17) is 14.3 Å². The molecular formula is C10H9IN4O3. The molecule has 2 aromatic rings. The zero-order chi connectivity index (χ0) is 13.5. The van der Waals surface area contributed by atoms with Gasteiger partial charge in [-0.25, -0.2) is 9.97 Å². The molecule has 0 N–H and O–H groups in total. The van der Waals surface area contributed by atoms with Crippen molar-refractivity contribution in [3.63, 3.8) is 0 Å². The maximum absolute atomic E-state index is 8.12. The zero-order valence-electron chi connectivity index (χ0n) is 9.62. The fourth-order valence-corrected chi connectivity index (χ4v) is 1.61. The molecule has 2 heterocycles. The largest absolute Gasteiger partial charge is 0.402 e. The molecule has 0 spiro atoms. The maximum Gasteiger partial charge on any atom is 0.373 e. The van der Waals surface area contributed by atoms with Crippen LogP contribution in [0.25, 0.3) is 0 Å². The maximum atomic E-state index is 8.12. The molecule has 0 amide bonds. The standard InChI is InChI=1S/C9H9IN4O.CO2/c1-6-7(10)8(13-14(6)2)15-9-11-4-3-5-12-9;2-1-3/h3-5H,1-2H3;. The molecule has 0 aliphatic heterocycles. The van der Waals surface area contributed by atoms with Crippen molar-refractivity contribution in [1.82, 2.24) is 19.7 Å². The average molecular weight is 360 g/mol. The Bertz CT molecular complexity index is 550. The van der Waals surface area contributed by atoms with Gasteiger partial charge in [-0.15, -0.1) is 5.10 Å². The summed E-state index contributed by atoms with van der Waals surface area (Å²) < 4.78 is 8.19. The Labute approximate surface area is 116 Å². The molecule has 2 aromatic heterocycles. The van der Waals surface area contributed by atoms with Crippen molar-refractivity contribution >= 4 is 28.7 Å². The summed E-state index contributed by atoms with van der Waals surface area (Å²) in [4.78, 5) is 24.2. The van der Waals surface area contributed by atoms with Crippen LogP contribution in [0.3, 0.4) is 0 Å². The molecule has 0 fully saturated rings. The second kappa shape index (κ2) is 6.82. The number of halogens is 1. The molecule has 18 heavy (non-hydrogen) atoms. The first kappa shape index (κ1) is 14.3. The van der Waals surface area contributed by atoms with E-state index in [0.29, 0.717) is 11.9 Å². The van der Waals surface area contributed by atoms with Gasteiger partial charge in [0, 0.05) is 19.4 Å². The van der Waals surface area contributed by atoms with Crippen LogP contribution in [0.2, 0.25) is 0 Å². The minimum absolute atomic E-state index is 0.250. The Morgan fingerprint density at radius 2 is 1.89 bits per heavy atom. The number of hydrogen-bond acceptors (Lipinski definition) is 6. The number of aryl methyl sites for hydroxylation is 1. The van der Waals surface area contributed by atoms with E-state index >= 15 is 0 Å². The summed E-state index contributed by atoms with van der Waals surface area (Å²) in [6.45, 7) is 1.98. The molecule has 0 aliphatic rings. The van der Waals surface area contributed by atoms with Crippen molar-refractivity contribution in [3.05, 3.63) is 27.7 Å². The van der Waals surface area contributed by atoms with Crippen molar-refractivity contribution in [2.75, 3.05) is 0 Å². The molecule has 7 nitrogen and oxygen atoms in total. The second-order valence-corrected chi connectivity index (χ2v) is 4.12. The first-order valence-electron chi connectivity index (χ1n) is 4.73. The summed E-state index contributed by atoms with van der Waals surface area (Å²) in [6, 6.07) is 2.05. The predicted octanol–water partition coefficient (Wildman–Crippen LogP) is 1.33. The number of aromatic nitrogens is 4. The lowest BCUT2D eigenvalue weighted by atomic mass is 10.5. The van der Waals surface area contributed by atoms with E-state index < -0.39 is 0 Å². The van der Waals surface area contributed by atoms with Gasteiger partial charge in [0.05, 0.1) is 9.26 Å². The third-order valence-corrected chi connectivity index (χ3v) is 3.20. The fraction of sp³-hybridized carbons (Fsp3) is 0.200. The number of nitrogens with zero attached hydrogens (tertiary/aromatic N) is 4. The Morgan fingerprint density at radius 1 is 1.33 bits per heavy atom. The summed E-state index contributed by atoms with van der Waals surface area (Å²) in [7, 11) is 1.87. The average Bonchev–Trinajstić information content (AvgIpc) is 2.59. The van der Waals surface area contributed by atoms with Gasteiger partial charge in [0.15, 0.2) is 0 Å². The van der Waals surface area contributed by atoms with Gasteiger partial charge in [0.1, 0.15) is 0 Å². The molecular weight excluding hydrogens is 351 g/mol. The molecule has 8 heteroatoms. The van der Waals surface area contributed by atoms with Crippen LogP contribution in [0.15, 0.2) is 18.5 Å². The van der Waals surface area contributed by atoms with Gasteiger partial charge < -0.3 is 4.74 Å². The van der Waals surface area contributed by atoms with Gasteiger partial charge in [-0.3, -0.25) is 4.68 Å². The van der Waals surface area contributed by atoms with Crippen LogP contribution in [-0.4, -0.2) is 25.9 Å². The monoisotopic (exact) mass is 360 g/mol. The lowest BCUT2D eigenvalue weighted by Crippen LogP contribution is -1.94. The number of rotatable bonds is 2. The van der Waals surface area contributed by atoms with Crippen molar-refractivity contribution in [3.8, 4) is 11.9 Å². The van der Waals surface area contributed by atoms with Crippen molar-refractivity contribution in [2.45, 2.75) is 6.92 Å². The molecule has 0 aromatic carbocycles. The number of ether oxygens (including phenoxy) is 1. The van der Waals surface area contributed by atoms with Crippen LogP contribution in [0.1, 0.15) is 5.69 Å². The molecule has 0 saturated carbocycles. The Balaban J connectivity index is 0.000000492. The van der Waals surface area contributed by atoms with Crippen LogP contribution in [0.4, 0.5) is 0 Å². The molecule has 0 atom stereocenters. The van der Waals surface area contributed by atoms with Gasteiger partial charge in [0.25, 0.3) is 5.88 Å². The van der Waals surface area contributed by atoms with E-state index in [0.717, 1.165) is 9.26 Å². The van der Waals surface area contributed by atoms with Crippen LogP contribution in [-0.2, 0) is 16.6 Å². The summed E-state index contributed by atoms with van der Waals surface area (Å²) in [5, 5.41) is 4.21. The highest BCUT2D eigenvalue weighted by Gasteiger charge is 2.12. The van der Waals surface area contributed by atoms with E-state index in [9.17, 15) is 0 Å². The summed E-state index contributed by atoms with van der Waals surface area (Å²) in [6.07, 6.45) is 3.51. The van der Waals surface area contributed by atoms with E-state index in [1.807, 2.05) is 14.0 Å². The second-order valence-electron chi connectivity index (χ2n) is 3.04. The van der Waals surface area contributed by atoms with Gasteiger partial charge in [-0.2, -0.15) is 9.59 Å². The number of carbonyl (C=O) groups excluding carboxylic acids is 2. The minimum Gasteiger partial charge on any atom is -0.402 e. The van der Waals surface area contributed by atoms with Gasteiger partial charge in [0.2, 0.25) is 0 Å². The van der Waals surface area contributed by atoms with Gasteiger partial charge in [-0.1, -0.05) is 0 Å². The Kier molecular flexibility index (Phi) is 5.40. The minimum atomic E-state index is 0.250. The molecule has 0 unspecified atom stereocenters. The highest BCUT2D eigenvalue weighted by atomic mass is 127. The predicted molar refractivity (Wildman–Crippen MR) is 67.8 cm³/mol. The summed E-state index contributed by atoms with van der Waals surface area (Å²) >= 11 is 2.19. The van der Waals surface area contributed by atoms with Gasteiger partial charge in [-0.05, 0) is 35.6 Å². The SMILES string of the molecule is Cc1c(I)c(Oc2ncccn2)nn1C.O=C=O. The first-order chi connectivity index (χ1) is 8.60. The quantitative estimate of drug-likeness (QED) is 0.751. The first-order valence-corrected chi connectivity index (χ1v) is 5.81. The normalized spacial score (nSPS) is 9.06. The van der Waals surface area contributed by atoms with Crippen molar-refractivity contribution in [1.29, 1.82) is 0 Å². The molecule has 94 valence electrons. The highest BCUT2D eigenvalue weighted by Crippen LogP contribution is 2.25. The summed E-state index contributed by atoms with van der Waals surface area (Å²) in [5.41, 5.74) is 1.06. The smallest absolute Gasteiger partial charge is 0.373 e. The van der Waals surface area contributed by atoms with E-state index in [-0.39, 0.29) is 6.15 Å². The topological polar surface area (TPSA) is 87.0 Å². The van der Waals surface area contributed by atoms with E-state index in [1.54, 1.807) is 23.1 Å². The van der Waals surface area contributed by atoms with Crippen LogP contribution in [0.5, 0.6) is 11.9 Å². The lowest BCUT2D eigenvalue weighted by Gasteiger charge is -1.98. The lowest BCUT2D eigenvalue weighted by molar-refractivity contribution is -0.191. The third-order valence-electron chi connectivity index (χ3n) is 1.96. The van der Waals surface area contributed by atoms with Gasteiger partial charge >= 0.3 is 12.2 Å². The molecule has 0 aliphatic carbocycles. The van der Waals surface area contributed by atoms with Crippen molar-refractivity contribution in [2.24, 2.45) is 7.05 Å².